The van der Waals surface area contributed by atoms with E-state index >= 15 is 0 Å². The van der Waals surface area contributed by atoms with Gasteiger partial charge in [0.05, 0.1) is 6.26 Å². The molecule has 0 aliphatic carbocycles. The average Bonchev–Trinajstić information content (AvgIpc) is 2.21. The van der Waals surface area contributed by atoms with Crippen molar-refractivity contribution in [2.45, 2.75) is 18.9 Å². The molecule has 1 unspecified atom stereocenters. The molecule has 1 aromatic rings. The third-order valence-electron chi connectivity index (χ3n) is 1.99. The largest absolute Gasteiger partial charge is 0.494 e. The Bertz CT molecular complexity index is 268. The van der Waals surface area contributed by atoms with Gasteiger partial charge in [0.25, 0.3) is 0 Å². The van der Waals surface area contributed by atoms with Crippen molar-refractivity contribution in [2.24, 2.45) is 0 Å². The summed E-state index contributed by atoms with van der Waals surface area (Å²) in [6.07, 6.45) is 9.84. The molecule has 2 nitrogen and oxygen atoms in total. The normalized spacial score (nSPS) is 21.8. The highest BCUT2D eigenvalue weighted by Gasteiger charge is 2.12. The molecular formula is C10H11NO. The van der Waals surface area contributed by atoms with Gasteiger partial charge in [0.1, 0.15) is 6.10 Å². The molecule has 2 rings (SSSR count). The fourth-order valence-electron chi connectivity index (χ4n) is 1.35. The van der Waals surface area contributed by atoms with Gasteiger partial charge in [-0.25, -0.2) is 0 Å². The van der Waals surface area contributed by atoms with Crippen LogP contribution in [0.25, 0.3) is 0 Å². The molecule has 0 amide bonds. The van der Waals surface area contributed by atoms with Crippen molar-refractivity contribution in [2.75, 3.05) is 0 Å². The summed E-state index contributed by atoms with van der Waals surface area (Å²) < 4.78 is 5.44. The molecule has 1 aromatic heterocycles. The van der Waals surface area contributed by atoms with Crippen molar-refractivity contribution in [3.8, 4) is 0 Å². The second-order valence-electron chi connectivity index (χ2n) is 2.86. The minimum atomic E-state index is 0.212. The third-order valence-corrected chi connectivity index (χ3v) is 1.99. The van der Waals surface area contributed by atoms with Gasteiger partial charge in [-0.1, -0.05) is 6.07 Å². The van der Waals surface area contributed by atoms with Crippen LogP contribution in [0.15, 0.2) is 36.9 Å². The van der Waals surface area contributed by atoms with E-state index < -0.39 is 0 Å². The first-order chi connectivity index (χ1) is 5.97. The first-order valence-electron chi connectivity index (χ1n) is 4.17. The Labute approximate surface area is 71.9 Å². The lowest BCUT2D eigenvalue weighted by Crippen LogP contribution is -2.03. The number of pyridine rings is 1. The van der Waals surface area contributed by atoms with Crippen molar-refractivity contribution in [1.29, 1.82) is 0 Å². The summed E-state index contributed by atoms with van der Waals surface area (Å²) >= 11 is 0. The molecule has 0 saturated carbocycles. The van der Waals surface area contributed by atoms with E-state index in [1.54, 1.807) is 12.5 Å². The van der Waals surface area contributed by atoms with Crippen molar-refractivity contribution in [1.82, 2.24) is 4.98 Å². The van der Waals surface area contributed by atoms with E-state index in [1.807, 2.05) is 18.3 Å². The molecule has 12 heavy (non-hydrogen) atoms. The Morgan fingerprint density at radius 3 is 3.17 bits per heavy atom. The second-order valence-corrected chi connectivity index (χ2v) is 2.86. The first kappa shape index (κ1) is 7.35. The fourth-order valence-corrected chi connectivity index (χ4v) is 1.35. The van der Waals surface area contributed by atoms with E-state index in [9.17, 15) is 0 Å². The Kier molecular flexibility index (Phi) is 2.08. The zero-order valence-corrected chi connectivity index (χ0v) is 6.81. The van der Waals surface area contributed by atoms with Gasteiger partial charge in [0, 0.05) is 18.0 Å². The zero-order chi connectivity index (χ0) is 8.23. The molecular weight excluding hydrogens is 150 g/mol. The molecule has 0 saturated heterocycles. The minimum Gasteiger partial charge on any atom is -0.494 e. The maximum atomic E-state index is 5.44. The maximum Gasteiger partial charge on any atom is 0.125 e. The van der Waals surface area contributed by atoms with Crippen molar-refractivity contribution in [3.05, 3.63) is 42.4 Å². The zero-order valence-electron chi connectivity index (χ0n) is 6.81. The minimum absolute atomic E-state index is 0.212. The highest BCUT2D eigenvalue weighted by Crippen LogP contribution is 2.25. The lowest BCUT2D eigenvalue weighted by molar-refractivity contribution is 0.125. The summed E-state index contributed by atoms with van der Waals surface area (Å²) in [6, 6.07) is 3.99. The monoisotopic (exact) mass is 161 g/mol. The Morgan fingerprint density at radius 1 is 1.50 bits per heavy atom. The summed E-state index contributed by atoms with van der Waals surface area (Å²) in [7, 11) is 0. The van der Waals surface area contributed by atoms with E-state index in [0.717, 1.165) is 12.8 Å². The van der Waals surface area contributed by atoms with Crippen LogP contribution in [-0.4, -0.2) is 4.98 Å². The molecule has 2 heteroatoms. The van der Waals surface area contributed by atoms with Gasteiger partial charge < -0.3 is 4.74 Å². The Hall–Kier alpha value is -1.31. The van der Waals surface area contributed by atoms with Gasteiger partial charge in [-0.15, -0.1) is 0 Å². The highest BCUT2D eigenvalue weighted by atomic mass is 16.5. The van der Waals surface area contributed by atoms with E-state index in [-0.39, 0.29) is 6.10 Å². The van der Waals surface area contributed by atoms with Crippen LogP contribution in [0.4, 0.5) is 0 Å². The van der Waals surface area contributed by atoms with Crippen LogP contribution in [0.3, 0.4) is 0 Å². The molecule has 1 atom stereocenters. The molecule has 0 spiro atoms. The number of nitrogens with zero attached hydrogens (tertiary/aromatic N) is 1. The van der Waals surface area contributed by atoms with Gasteiger partial charge in [-0.3, -0.25) is 4.98 Å². The van der Waals surface area contributed by atoms with Crippen molar-refractivity contribution in [3.63, 3.8) is 0 Å². The summed E-state index contributed by atoms with van der Waals surface area (Å²) in [5.74, 6) is 0. The third kappa shape index (κ3) is 1.47. The van der Waals surface area contributed by atoms with Crippen LogP contribution in [0.1, 0.15) is 24.5 Å². The molecule has 0 radical (unpaired) electrons. The van der Waals surface area contributed by atoms with Crippen LogP contribution < -0.4 is 0 Å². The Morgan fingerprint density at radius 2 is 2.50 bits per heavy atom. The number of hydrogen-bond acceptors (Lipinski definition) is 2. The number of hydrogen-bond donors (Lipinski definition) is 0. The second kappa shape index (κ2) is 3.39. The summed E-state index contributed by atoms with van der Waals surface area (Å²) in [4.78, 5) is 4.06. The van der Waals surface area contributed by atoms with E-state index in [4.69, 9.17) is 4.74 Å². The SMILES string of the molecule is C1=COC(c2cccnc2)CC1. The van der Waals surface area contributed by atoms with Crippen molar-refractivity contribution < 1.29 is 4.74 Å². The number of rotatable bonds is 1. The highest BCUT2D eigenvalue weighted by molar-refractivity contribution is 5.13. The standard InChI is InChI=1S/C10H11NO/c1-2-7-12-10(5-1)9-4-3-6-11-8-9/h2-4,6-8,10H,1,5H2. The van der Waals surface area contributed by atoms with Crippen LogP contribution in [0.5, 0.6) is 0 Å². The van der Waals surface area contributed by atoms with Crippen LogP contribution in [-0.2, 0) is 4.74 Å². The van der Waals surface area contributed by atoms with E-state index in [1.165, 1.54) is 5.56 Å². The average molecular weight is 161 g/mol. The molecule has 1 aliphatic heterocycles. The quantitative estimate of drug-likeness (QED) is 0.631. The lowest BCUT2D eigenvalue weighted by Gasteiger charge is -2.18. The smallest absolute Gasteiger partial charge is 0.125 e. The predicted molar refractivity (Wildman–Crippen MR) is 46.4 cm³/mol. The van der Waals surface area contributed by atoms with E-state index in [0.29, 0.717) is 0 Å². The molecule has 0 N–H and O–H groups in total. The topological polar surface area (TPSA) is 22.1 Å². The molecule has 0 fully saturated rings. The van der Waals surface area contributed by atoms with Gasteiger partial charge in [-0.2, -0.15) is 0 Å². The van der Waals surface area contributed by atoms with Crippen LogP contribution in [0.2, 0.25) is 0 Å². The van der Waals surface area contributed by atoms with Gasteiger partial charge in [-0.05, 0) is 25.0 Å². The fraction of sp³-hybridized carbons (Fsp3) is 0.300. The molecule has 2 heterocycles. The first-order valence-corrected chi connectivity index (χ1v) is 4.17. The summed E-state index contributed by atoms with van der Waals surface area (Å²) in [5, 5.41) is 0. The van der Waals surface area contributed by atoms with Gasteiger partial charge >= 0.3 is 0 Å². The van der Waals surface area contributed by atoms with Gasteiger partial charge in [0.2, 0.25) is 0 Å². The molecule has 0 bridgehead atoms. The van der Waals surface area contributed by atoms with E-state index in [2.05, 4.69) is 11.1 Å². The molecule has 0 aromatic carbocycles. The van der Waals surface area contributed by atoms with Crippen LogP contribution >= 0.6 is 0 Å². The maximum absolute atomic E-state index is 5.44. The van der Waals surface area contributed by atoms with Crippen molar-refractivity contribution >= 4 is 0 Å². The Balaban J connectivity index is 2.15. The summed E-state index contributed by atoms with van der Waals surface area (Å²) in [5.41, 5.74) is 1.17. The number of allylic oxidation sites excluding steroid dienone is 1. The molecule has 1 aliphatic rings. The van der Waals surface area contributed by atoms with Gasteiger partial charge in [0.15, 0.2) is 0 Å². The summed E-state index contributed by atoms with van der Waals surface area (Å²) in [6.45, 7) is 0. The lowest BCUT2D eigenvalue weighted by atomic mass is 10.1. The number of ether oxygens (including phenoxy) is 1. The predicted octanol–water partition coefficient (Wildman–Crippen LogP) is 2.45. The molecule has 62 valence electrons. The number of aromatic nitrogens is 1. The van der Waals surface area contributed by atoms with Crippen LogP contribution in [0, 0.1) is 0 Å².